The maximum atomic E-state index is 14.8. The molecular formula is C36H33FN8O2. The van der Waals surface area contributed by atoms with Crippen LogP contribution in [0.25, 0.3) is 33.4 Å². The van der Waals surface area contributed by atoms with Crippen molar-refractivity contribution in [1.82, 2.24) is 29.4 Å². The Morgan fingerprint density at radius 2 is 1.94 bits per heavy atom. The number of pyridine rings is 1. The SMILES string of the molecule is C#Cc1c(F)ccc2cc(O)cc(-c3cn(C4=C(/C)CC\C(OCc5ccn6nccc6c5)=N/C(N5CC6CCC(C5)N6)=N\4)cn3)c12. The van der Waals surface area contributed by atoms with Crippen molar-refractivity contribution in [3.8, 4) is 29.4 Å². The lowest BCUT2D eigenvalue weighted by Crippen LogP contribution is -2.53. The first kappa shape index (κ1) is 29.0. The third-order valence-electron chi connectivity index (χ3n) is 9.19. The van der Waals surface area contributed by atoms with Crippen molar-refractivity contribution in [2.45, 2.75) is 51.3 Å². The first-order chi connectivity index (χ1) is 22.9. The van der Waals surface area contributed by atoms with Crippen LogP contribution in [0.3, 0.4) is 0 Å². The van der Waals surface area contributed by atoms with Gasteiger partial charge in [0, 0.05) is 61.1 Å². The summed E-state index contributed by atoms with van der Waals surface area (Å²) in [6.07, 6.45) is 16.5. The van der Waals surface area contributed by atoms with Gasteiger partial charge in [0.1, 0.15) is 30.3 Å². The van der Waals surface area contributed by atoms with E-state index in [0.717, 1.165) is 42.6 Å². The molecule has 2 fully saturated rings. The average molecular weight is 629 g/mol. The van der Waals surface area contributed by atoms with Crippen LogP contribution in [0, 0.1) is 18.2 Å². The number of phenolic OH excluding ortho intramolecular Hbond substituents is 1. The molecule has 3 aliphatic heterocycles. The number of ether oxygens (including phenoxy) is 1. The van der Waals surface area contributed by atoms with Crippen molar-refractivity contribution in [3.63, 3.8) is 0 Å². The summed E-state index contributed by atoms with van der Waals surface area (Å²) in [5.41, 5.74) is 4.29. The molecule has 0 saturated carbocycles. The van der Waals surface area contributed by atoms with Gasteiger partial charge >= 0.3 is 0 Å². The van der Waals surface area contributed by atoms with Gasteiger partial charge in [0.15, 0.2) is 5.90 Å². The van der Waals surface area contributed by atoms with Gasteiger partial charge in [-0.3, -0.25) is 4.57 Å². The zero-order valence-corrected chi connectivity index (χ0v) is 25.9. The van der Waals surface area contributed by atoms with Crippen LogP contribution < -0.4 is 5.32 Å². The van der Waals surface area contributed by atoms with Gasteiger partial charge in [0.05, 0.1) is 16.8 Å². The second-order valence-electron chi connectivity index (χ2n) is 12.4. The third kappa shape index (κ3) is 5.51. The topological polar surface area (TPSA) is 105 Å². The molecule has 3 aliphatic rings. The molecule has 0 amide bonds. The number of rotatable bonds is 4. The Balaban J connectivity index is 1.16. The molecule has 2 aromatic carbocycles. The van der Waals surface area contributed by atoms with Crippen molar-refractivity contribution in [2.75, 3.05) is 13.1 Å². The van der Waals surface area contributed by atoms with Gasteiger partial charge in [0.25, 0.3) is 0 Å². The highest BCUT2D eigenvalue weighted by atomic mass is 19.1. The number of benzene rings is 2. The Morgan fingerprint density at radius 1 is 1.09 bits per heavy atom. The molecule has 0 spiro atoms. The van der Waals surface area contributed by atoms with Gasteiger partial charge in [-0.25, -0.2) is 13.9 Å². The number of nitrogens with zero attached hydrogens (tertiary/aromatic N) is 7. The number of nitrogens with one attached hydrogen (secondary N) is 1. The summed E-state index contributed by atoms with van der Waals surface area (Å²) in [7, 11) is 0. The number of aromatic hydroxyl groups is 1. The fraction of sp³-hybridized carbons (Fsp3) is 0.278. The fourth-order valence-corrected chi connectivity index (χ4v) is 6.84. The molecule has 10 nitrogen and oxygen atoms in total. The maximum Gasteiger partial charge on any atom is 0.230 e. The van der Waals surface area contributed by atoms with Gasteiger partial charge in [-0.2, -0.15) is 15.1 Å². The standard InChI is InChI=1S/C36H33FN8O2/c1-3-29-31(37)8-5-24-15-28(46)16-30(34(24)29)32-19-44(21-38-32)35-22(2)4-9-33(47-20-23-11-13-45-27(14-23)10-12-39-45)41-36(42-35)43-17-25-6-7-26(18-43)40-25/h1,5,8,10-16,19,21,25-26,40,46H,4,6-7,9,17-18,20H2,2H3/b35-22-,41-33+,42-36+. The van der Waals surface area contributed by atoms with E-state index in [1.54, 1.807) is 30.7 Å². The van der Waals surface area contributed by atoms with Gasteiger partial charge in [-0.15, -0.1) is 6.42 Å². The normalized spacial score (nSPS) is 23.6. The minimum absolute atomic E-state index is 0.0404. The summed E-state index contributed by atoms with van der Waals surface area (Å²) in [5.74, 6) is 3.99. The highest BCUT2D eigenvalue weighted by Crippen LogP contribution is 2.36. The Kier molecular flexibility index (Phi) is 7.22. The van der Waals surface area contributed by atoms with Crippen LogP contribution in [0.2, 0.25) is 0 Å². The molecule has 2 unspecified atom stereocenters. The largest absolute Gasteiger partial charge is 0.508 e. The van der Waals surface area contributed by atoms with E-state index >= 15 is 0 Å². The molecular weight excluding hydrogens is 595 g/mol. The number of hydrogen-bond acceptors (Lipinski definition) is 8. The maximum absolute atomic E-state index is 14.8. The van der Waals surface area contributed by atoms with Crippen LogP contribution in [-0.4, -0.2) is 66.2 Å². The van der Waals surface area contributed by atoms with Gasteiger partial charge < -0.3 is 20.1 Å². The Hall–Kier alpha value is -5.47. The number of phenols is 1. The van der Waals surface area contributed by atoms with Crippen molar-refractivity contribution in [3.05, 3.63) is 89.9 Å². The number of allylic oxidation sites excluding steroid dienone is 1. The van der Waals surface area contributed by atoms with E-state index in [4.69, 9.17) is 21.1 Å². The molecule has 2 atom stereocenters. The smallest absolute Gasteiger partial charge is 0.230 e. The molecule has 11 heteroatoms. The van der Waals surface area contributed by atoms with E-state index in [9.17, 15) is 9.50 Å². The first-order valence-corrected chi connectivity index (χ1v) is 15.8. The molecule has 0 radical (unpaired) electrons. The molecule has 5 aromatic rings. The number of aliphatic imine (C=N–C) groups is 2. The van der Waals surface area contributed by atoms with Gasteiger partial charge in [-0.1, -0.05) is 12.0 Å². The number of terminal acetylenes is 1. The van der Waals surface area contributed by atoms with Gasteiger partial charge in [-0.05, 0) is 79.1 Å². The number of fused-ring (bicyclic) bond motifs is 4. The van der Waals surface area contributed by atoms with E-state index in [0.29, 0.717) is 71.2 Å². The van der Waals surface area contributed by atoms with Crippen molar-refractivity contribution in [2.24, 2.45) is 9.98 Å². The Bertz CT molecular complexity index is 2160. The van der Waals surface area contributed by atoms with Crippen LogP contribution >= 0.6 is 0 Å². The second-order valence-corrected chi connectivity index (χ2v) is 12.4. The van der Waals surface area contributed by atoms with E-state index in [1.165, 1.54) is 6.07 Å². The molecule has 3 aromatic heterocycles. The third-order valence-corrected chi connectivity index (χ3v) is 9.19. The fourth-order valence-electron chi connectivity index (χ4n) is 6.84. The number of guanidine groups is 1. The average Bonchev–Trinajstić information content (AvgIpc) is 3.82. The summed E-state index contributed by atoms with van der Waals surface area (Å²) in [6, 6.07) is 12.9. The molecule has 2 N–H and O–H groups in total. The van der Waals surface area contributed by atoms with Crippen LogP contribution in [0.5, 0.6) is 5.75 Å². The Morgan fingerprint density at radius 3 is 2.77 bits per heavy atom. The molecule has 2 saturated heterocycles. The first-order valence-electron chi connectivity index (χ1n) is 15.8. The second kappa shape index (κ2) is 11.7. The molecule has 47 heavy (non-hydrogen) atoms. The van der Waals surface area contributed by atoms with Crippen LogP contribution in [0.15, 0.2) is 82.9 Å². The summed E-state index contributed by atoms with van der Waals surface area (Å²) in [4.78, 5) is 17.2. The van der Waals surface area contributed by atoms with E-state index in [1.807, 2.05) is 33.6 Å². The van der Waals surface area contributed by atoms with Crippen molar-refractivity contribution >= 4 is 34.0 Å². The van der Waals surface area contributed by atoms with E-state index < -0.39 is 5.82 Å². The number of imidazole rings is 1. The lowest BCUT2D eigenvalue weighted by Gasteiger charge is -2.34. The minimum atomic E-state index is -0.498. The molecule has 6 heterocycles. The summed E-state index contributed by atoms with van der Waals surface area (Å²) < 4.78 is 24.8. The predicted molar refractivity (Wildman–Crippen MR) is 179 cm³/mol. The number of piperazine rings is 1. The lowest BCUT2D eigenvalue weighted by atomic mass is 9.97. The van der Waals surface area contributed by atoms with E-state index in [-0.39, 0.29) is 11.3 Å². The van der Waals surface area contributed by atoms with E-state index in [2.05, 4.69) is 39.2 Å². The monoisotopic (exact) mass is 628 g/mol. The zero-order chi connectivity index (χ0) is 32.1. The summed E-state index contributed by atoms with van der Waals surface area (Å²) >= 11 is 0. The highest BCUT2D eigenvalue weighted by molar-refractivity contribution is 6.01. The quantitative estimate of drug-likeness (QED) is 0.253. The van der Waals surface area contributed by atoms with Crippen LogP contribution in [-0.2, 0) is 11.3 Å². The molecule has 0 aliphatic carbocycles. The lowest BCUT2D eigenvalue weighted by molar-refractivity contribution is 0.275. The van der Waals surface area contributed by atoms with Crippen LogP contribution in [0.4, 0.5) is 4.39 Å². The van der Waals surface area contributed by atoms with Crippen molar-refractivity contribution < 1.29 is 14.2 Å². The summed E-state index contributed by atoms with van der Waals surface area (Å²) in [6.45, 7) is 4.06. The molecule has 2 bridgehead atoms. The number of aromatic nitrogens is 4. The van der Waals surface area contributed by atoms with Gasteiger partial charge in [0.2, 0.25) is 5.96 Å². The minimum Gasteiger partial charge on any atom is -0.508 e. The highest BCUT2D eigenvalue weighted by Gasteiger charge is 2.34. The van der Waals surface area contributed by atoms with Crippen LogP contribution in [0.1, 0.15) is 43.7 Å². The van der Waals surface area contributed by atoms with Crippen molar-refractivity contribution in [1.29, 1.82) is 0 Å². The molecule has 236 valence electrons. The Labute approximate surface area is 270 Å². The number of hydrogen-bond donors (Lipinski definition) is 2. The predicted octanol–water partition coefficient (Wildman–Crippen LogP) is 5.57. The summed E-state index contributed by atoms with van der Waals surface area (Å²) in [5, 5.41) is 19.7. The number of likely N-dealkylation sites (tertiary alicyclic amines) is 1. The zero-order valence-electron chi connectivity index (χ0n) is 25.9. The molecule has 8 rings (SSSR count). The number of halogens is 1.